The Morgan fingerprint density at radius 2 is 2.25 bits per heavy atom. The van der Waals surface area contributed by atoms with E-state index < -0.39 is 0 Å². The predicted octanol–water partition coefficient (Wildman–Crippen LogP) is 2.71. The summed E-state index contributed by atoms with van der Waals surface area (Å²) in [7, 11) is 0. The van der Waals surface area contributed by atoms with Gasteiger partial charge in [-0.2, -0.15) is 0 Å². The number of hydrogen-bond acceptors (Lipinski definition) is 2. The van der Waals surface area contributed by atoms with Crippen LogP contribution < -0.4 is 5.73 Å². The Labute approximate surface area is 83.8 Å². The molecule has 2 N–H and O–H groups in total. The molecular formula is C8H7BrClNO. The zero-order chi connectivity index (χ0) is 8.72. The van der Waals surface area contributed by atoms with Gasteiger partial charge in [0.15, 0.2) is 0 Å². The molecule has 4 heteroatoms. The first-order valence-electron chi connectivity index (χ1n) is 3.53. The lowest BCUT2D eigenvalue weighted by Gasteiger charge is -2.05. The van der Waals surface area contributed by atoms with Crippen molar-refractivity contribution in [3.05, 3.63) is 26.7 Å². The van der Waals surface area contributed by atoms with Crippen molar-refractivity contribution in [2.24, 2.45) is 0 Å². The van der Waals surface area contributed by atoms with E-state index in [0.717, 1.165) is 15.6 Å². The van der Waals surface area contributed by atoms with Crippen molar-refractivity contribution >= 4 is 33.2 Å². The summed E-state index contributed by atoms with van der Waals surface area (Å²) in [5, 5.41) is 0.589. The van der Waals surface area contributed by atoms with Crippen LogP contribution in [0, 0.1) is 0 Å². The molecule has 1 aliphatic rings. The summed E-state index contributed by atoms with van der Waals surface area (Å²) in [6.07, 6.45) is 0. The number of hydrogen-bond donors (Lipinski definition) is 1. The summed E-state index contributed by atoms with van der Waals surface area (Å²) >= 11 is 9.28. The van der Waals surface area contributed by atoms with E-state index in [-0.39, 0.29) is 0 Å². The molecule has 2 nitrogen and oxygen atoms in total. The van der Waals surface area contributed by atoms with Gasteiger partial charge < -0.3 is 10.5 Å². The van der Waals surface area contributed by atoms with Crippen LogP contribution in [0.5, 0.6) is 0 Å². The molecule has 2 rings (SSSR count). The van der Waals surface area contributed by atoms with Gasteiger partial charge in [-0.05, 0) is 33.1 Å². The molecule has 0 fully saturated rings. The zero-order valence-electron chi connectivity index (χ0n) is 6.23. The highest BCUT2D eigenvalue weighted by molar-refractivity contribution is 9.10. The van der Waals surface area contributed by atoms with Gasteiger partial charge >= 0.3 is 0 Å². The van der Waals surface area contributed by atoms with Crippen LogP contribution >= 0.6 is 27.5 Å². The molecule has 0 aliphatic carbocycles. The fourth-order valence-corrected chi connectivity index (χ4v) is 2.20. The second-order valence-electron chi connectivity index (χ2n) is 2.72. The first-order valence-corrected chi connectivity index (χ1v) is 4.70. The number of ether oxygens (including phenoxy) is 1. The van der Waals surface area contributed by atoms with E-state index in [4.69, 9.17) is 22.1 Å². The normalized spacial score (nSPS) is 14.8. The Bertz CT molecular complexity index is 340. The summed E-state index contributed by atoms with van der Waals surface area (Å²) in [4.78, 5) is 0. The van der Waals surface area contributed by atoms with E-state index in [2.05, 4.69) is 15.9 Å². The van der Waals surface area contributed by atoms with Crippen molar-refractivity contribution in [2.45, 2.75) is 13.2 Å². The van der Waals surface area contributed by atoms with Gasteiger partial charge in [-0.15, -0.1) is 0 Å². The van der Waals surface area contributed by atoms with Crippen LogP contribution in [0.4, 0.5) is 5.69 Å². The molecule has 1 heterocycles. The fourth-order valence-electron chi connectivity index (χ4n) is 1.27. The average Bonchev–Trinajstić information content (AvgIpc) is 2.48. The van der Waals surface area contributed by atoms with Gasteiger partial charge in [-0.1, -0.05) is 11.6 Å². The van der Waals surface area contributed by atoms with Gasteiger partial charge in [0.2, 0.25) is 0 Å². The van der Waals surface area contributed by atoms with E-state index >= 15 is 0 Å². The molecule has 0 amide bonds. The smallest absolute Gasteiger partial charge is 0.0736 e. The van der Waals surface area contributed by atoms with Gasteiger partial charge in [0.25, 0.3) is 0 Å². The Morgan fingerprint density at radius 3 is 3.00 bits per heavy atom. The Balaban J connectivity index is 2.67. The second kappa shape index (κ2) is 2.91. The highest BCUT2D eigenvalue weighted by Crippen LogP contribution is 2.36. The van der Waals surface area contributed by atoms with Gasteiger partial charge in [-0.3, -0.25) is 0 Å². The van der Waals surface area contributed by atoms with E-state index in [1.807, 2.05) is 6.07 Å². The van der Waals surface area contributed by atoms with Gasteiger partial charge in [0, 0.05) is 4.47 Å². The SMILES string of the molecule is Nc1c(Cl)cc2c(c1Br)COC2. The van der Waals surface area contributed by atoms with Gasteiger partial charge in [-0.25, -0.2) is 0 Å². The topological polar surface area (TPSA) is 35.2 Å². The lowest BCUT2D eigenvalue weighted by Crippen LogP contribution is -1.93. The molecule has 0 unspecified atom stereocenters. The third-order valence-electron chi connectivity index (χ3n) is 1.95. The maximum absolute atomic E-state index is 5.89. The third-order valence-corrected chi connectivity index (χ3v) is 3.17. The summed E-state index contributed by atoms with van der Waals surface area (Å²) in [6, 6.07) is 1.87. The molecule has 1 aromatic carbocycles. The Hall–Kier alpha value is -0.250. The number of nitrogen functional groups attached to an aromatic ring is 1. The lowest BCUT2D eigenvalue weighted by atomic mass is 10.1. The van der Waals surface area contributed by atoms with E-state index in [1.165, 1.54) is 0 Å². The van der Waals surface area contributed by atoms with Crippen molar-refractivity contribution in [1.29, 1.82) is 0 Å². The van der Waals surface area contributed by atoms with Crippen LogP contribution in [-0.4, -0.2) is 0 Å². The standard InChI is InChI=1S/C8H7BrClNO/c9-7-5-3-12-2-4(5)1-6(10)8(7)11/h1H,2-3,11H2. The number of anilines is 1. The maximum Gasteiger partial charge on any atom is 0.0736 e. The lowest BCUT2D eigenvalue weighted by molar-refractivity contribution is 0.134. The largest absolute Gasteiger partial charge is 0.397 e. The predicted molar refractivity (Wildman–Crippen MR) is 52.1 cm³/mol. The minimum Gasteiger partial charge on any atom is -0.397 e. The van der Waals surface area contributed by atoms with E-state index in [1.54, 1.807) is 0 Å². The molecule has 1 aromatic rings. The van der Waals surface area contributed by atoms with Crippen molar-refractivity contribution < 1.29 is 4.74 Å². The first-order chi connectivity index (χ1) is 5.70. The van der Waals surface area contributed by atoms with Crippen LogP contribution in [0.2, 0.25) is 5.02 Å². The fraction of sp³-hybridized carbons (Fsp3) is 0.250. The number of nitrogens with two attached hydrogens (primary N) is 1. The monoisotopic (exact) mass is 247 g/mol. The van der Waals surface area contributed by atoms with Crippen molar-refractivity contribution in [3.63, 3.8) is 0 Å². The Morgan fingerprint density at radius 1 is 1.50 bits per heavy atom. The number of fused-ring (bicyclic) bond motifs is 1. The molecule has 0 bridgehead atoms. The average molecular weight is 249 g/mol. The van der Waals surface area contributed by atoms with Crippen molar-refractivity contribution in [2.75, 3.05) is 5.73 Å². The van der Waals surface area contributed by atoms with Crippen molar-refractivity contribution in [1.82, 2.24) is 0 Å². The summed E-state index contributed by atoms with van der Waals surface area (Å²) < 4.78 is 6.14. The highest BCUT2D eigenvalue weighted by Gasteiger charge is 2.18. The van der Waals surface area contributed by atoms with Crippen LogP contribution in [0.15, 0.2) is 10.5 Å². The molecular weight excluding hydrogens is 241 g/mol. The van der Waals surface area contributed by atoms with Crippen LogP contribution in [-0.2, 0) is 18.0 Å². The molecule has 64 valence electrons. The van der Waals surface area contributed by atoms with Crippen LogP contribution in [0.3, 0.4) is 0 Å². The summed E-state index contributed by atoms with van der Waals surface area (Å²) in [6.45, 7) is 1.26. The zero-order valence-corrected chi connectivity index (χ0v) is 8.58. The minimum atomic E-state index is 0.589. The minimum absolute atomic E-state index is 0.589. The van der Waals surface area contributed by atoms with Gasteiger partial charge in [0.05, 0.1) is 23.9 Å². The molecule has 0 saturated heterocycles. The molecule has 0 radical (unpaired) electrons. The molecule has 0 spiro atoms. The van der Waals surface area contributed by atoms with E-state index in [0.29, 0.717) is 23.9 Å². The Kier molecular flexibility index (Phi) is 2.02. The molecule has 12 heavy (non-hydrogen) atoms. The number of rotatable bonds is 0. The molecule has 0 saturated carbocycles. The van der Waals surface area contributed by atoms with Crippen LogP contribution in [0.1, 0.15) is 11.1 Å². The van der Waals surface area contributed by atoms with E-state index in [9.17, 15) is 0 Å². The van der Waals surface area contributed by atoms with Gasteiger partial charge in [0.1, 0.15) is 0 Å². The third kappa shape index (κ3) is 1.13. The quantitative estimate of drug-likeness (QED) is 0.717. The molecule has 0 aromatic heterocycles. The first kappa shape index (κ1) is 8.35. The van der Waals surface area contributed by atoms with Crippen molar-refractivity contribution in [3.8, 4) is 0 Å². The highest BCUT2D eigenvalue weighted by atomic mass is 79.9. The summed E-state index contributed by atoms with van der Waals surface area (Å²) in [5.41, 5.74) is 8.57. The molecule has 0 atom stereocenters. The number of benzene rings is 1. The molecule has 1 aliphatic heterocycles. The van der Waals surface area contributed by atoms with Crippen LogP contribution in [0.25, 0.3) is 0 Å². The second-order valence-corrected chi connectivity index (χ2v) is 3.92. The number of halogens is 2. The summed E-state index contributed by atoms with van der Waals surface area (Å²) in [5.74, 6) is 0. The maximum atomic E-state index is 5.89.